The molecule has 0 spiro atoms. The Morgan fingerprint density at radius 3 is 1.23 bits per heavy atom. The largest absolute Gasteiger partial charge is 0.461 e. The van der Waals surface area contributed by atoms with Crippen LogP contribution < -0.4 is 0 Å². The summed E-state index contributed by atoms with van der Waals surface area (Å²) in [4.78, 5) is 25.3. The van der Waals surface area contributed by atoms with Gasteiger partial charge in [-0.2, -0.15) is 0 Å². The molecule has 0 aliphatic carbocycles. The van der Waals surface area contributed by atoms with Crippen LogP contribution in [0.3, 0.4) is 0 Å². The molecule has 0 radical (unpaired) electrons. The van der Waals surface area contributed by atoms with Crippen molar-refractivity contribution < 1.29 is 23.8 Å². The van der Waals surface area contributed by atoms with Crippen LogP contribution in [0, 0.1) is 0 Å². The van der Waals surface area contributed by atoms with Gasteiger partial charge in [-0.25, -0.2) is 0 Å². The summed E-state index contributed by atoms with van der Waals surface area (Å²) in [5.41, 5.74) is 0. The zero-order chi connectivity index (χ0) is 44.9. The van der Waals surface area contributed by atoms with E-state index in [1.54, 1.807) is 0 Å². The number of allylic oxidation sites excluding steroid dienone is 11. The van der Waals surface area contributed by atoms with Crippen molar-refractivity contribution in [1.29, 1.82) is 0 Å². The first kappa shape index (κ1) is 59.3. The highest BCUT2D eigenvalue weighted by atomic mass is 16.6. The minimum absolute atomic E-state index is 0.0284. The maximum absolute atomic E-state index is 12.8. The first-order valence-corrected chi connectivity index (χ1v) is 26.5. The van der Waals surface area contributed by atoms with Crippen LogP contribution in [-0.4, -0.2) is 37.9 Å². The highest BCUT2D eigenvalue weighted by Gasteiger charge is 2.17. The van der Waals surface area contributed by atoms with E-state index in [1.807, 2.05) is 12.2 Å². The third-order valence-corrected chi connectivity index (χ3v) is 11.3. The van der Waals surface area contributed by atoms with Crippen molar-refractivity contribution in [1.82, 2.24) is 0 Å². The number of carbonyl (C=O) groups is 2. The van der Waals surface area contributed by atoms with Crippen LogP contribution in [0.25, 0.3) is 0 Å². The molecule has 5 heteroatoms. The molecule has 0 N–H and O–H groups in total. The second-order valence-corrected chi connectivity index (χ2v) is 17.4. The van der Waals surface area contributed by atoms with Crippen LogP contribution in [0.1, 0.15) is 252 Å². The fourth-order valence-corrected chi connectivity index (χ4v) is 7.34. The Labute approximate surface area is 385 Å². The number of ether oxygens (including phenoxy) is 3. The normalized spacial score (nSPS) is 12.8. The second-order valence-electron chi connectivity index (χ2n) is 17.4. The molecule has 0 aromatic carbocycles. The summed E-state index contributed by atoms with van der Waals surface area (Å²) in [5.74, 6) is -0.546. The summed E-state index contributed by atoms with van der Waals surface area (Å²) in [7, 11) is 0. The van der Waals surface area contributed by atoms with Crippen LogP contribution in [0.15, 0.2) is 72.9 Å². The van der Waals surface area contributed by atoms with Gasteiger partial charge < -0.3 is 14.2 Å². The van der Waals surface area contributed by atoms with E-state index < -0.39 is 6.10 Å². The van der Waals surface area contributed by atoms with Gasteiger partial charge >= 0.3 is 11.9 Å². The van der Waals surface area contributed by atoms with Gasteiger partial charge in [0.25, 0.3) is 0 Å². The van der Waals surface area contributed by atoms with E-state index in [2.05, 4.69) is 81.5 Å². The average Bonchev–Trinajstić information content (AvgIpc) is 3.27. The summed E-state index contributed by atoms with van der Waals surface area (Å²) >= 11 is 0. The molecule has 62 heavy (non-hydrogen) atoms. The lowest BCUT2D eigenvalue weighted by Gasteiger charge is -2.18. The van der Waals surface area contributed by atoms with Crippen molar-refractivity contribution in [3.63, 3.8) is 0 Å². The van der Waals surface area contributed by atoms with E-state index in [0.29, 0.717) is 13.0 Å². The Hall–Kier alpha value is -2.66. The second kappa shape index (κ2) is 52.7. The number of esters is 2. The van der Waals surface area contributed by atoms with Crippen LogP contribution in [-0.2, 0) is 23.8 Å². The fraction of sp³-hybridized carbons (Fsp3) is 0.754. The van der Waals surface area contributed by atoms with Crippen LogP contribution in [0.2, 0.25) is 0 Å². The van der Waals surface area contributed by atoms with Crippen molar-refractivity contribution >= 4 is 11.9 Å². The molecule has 0 saturated carbocycles. The lowest BCUT2D eigenvalue weighted by Crippen LogP contribution is -2.30. The fourth-order valence-electron chi connectivity index (χ4n) is 7.34. The molecular weight excluding hydrogens is 765 g/mol. The molecule has 0 bridgehead atoms. The van der Waals surface area contributed by atoms with Gasteiger partial charge in [0.15, 0.2) is 6.10 Å². The average molecular weight is 865 g/mol. The number of carbonyl (C=O) groups excluding carboxylic acids is 2. The molecule has 0 aliphatic rings. The molecule has 0 rings (SSSR count). The highest BCUT2D eigenvalue weighted by Crippen LogP contribution is 2.15. The third-order valence-electron chi connectivity index (χ3n) is 11.3. The Morgan fingerprint density at radius 1 is 0.387 bits per heavy atom. The standard InChI is InChI=1S/C57H100O5/c1-4-7-10-13-16-19-22-25-28-31-34-37-40-43-46-49-52-60-53-55(62-57(59)51-48-45-42-39-36-33-30-27-24-21-18-15-12-9-6-3)54-61-56(58)50-47-44-41-38-35-32-29-26-23-20-17-14-11-8-5-2/h8,11,17,20,26-27,29-30,35,38,44,47,55H,4-7,9-10,12-16,18-19,21-25,28,31-34,36-37,39-43,45-46,48-54H2,1-3H3/b11-8-,20-17-,29-26-,30-27-,38-35-,47-44-. The minimum atomic E-state index is -0.580. The molecule has 1 unspecified atom stereocenters. The van der Waals surface area contributed by atoms with E-state index in [4.69, 9.17) is 14.2 Å². The molecule has 0 aliphatic heterocycles. The predicted molar refractivity (Wildman–Crippen MR) is 270 cm³/mol. The van der Waals surface area contributed by atoms with Crippen LogP contribution >= 0.6 is 0 Å². The molecule has 5 nitrogen and oxygen atoms in total. The quantitative estimate of drug-likeness (QED) is 0.0346. The number of unbranched alkanes of at least 4 members (excludes halogenated alkanes) is 26. The van der Waals surface area contributed by atoms with Gasteiger partial charge in [0.1, 0.15) is 6.61 Å². The van der Waals surface area contributed by atoms with Gasteiger partial charge in [0, 0.05) is 13.0 Å². The van der Waals surface area contributed by atoms with Crippen molar-refractivity contribution in [3.8, 4) is 0 Å². The highest BCUT2D eigenvalue weighted by molar-refractivity contribution is 5.71. The summed E-state index contributed by atoms with van der Waals surface area (Å²) in [6.07, 6.45) is 67.9. The van der Waals surface area contributed by atoms with Gasteiger partial charge in [-0.1, -0.05) is 241 Å². The first-order valence-electron chi connectivity index (χ1n) is 26.5. The van der Waals surface area contributed by atoms with Gasteiger partial charge in [0.05, 0.1) is 13.0 Å². The molecule has 0 aromatic heterocycles. The molecular formula is C57H100O5. The van der Waals surface area contributed by atoms with E-state index in [9.17, 15) is 9.59 Å². The van der Waals surface area contributed by atoms with Crippen molar-refractivity contribution in [2.45, 2.75) is 258 Å². The maximum Gasteiger partial charge on any atom is 0.309 e. The first-order chi connectivity index (χ1) is 30.6. The van der Waals surface area contributed by atoms with Gasteiger partial charge in [-0.3, -0.25) is 9.59 Å². The Kier molecular flexibility index (Phi) is 50.4. The molecule has 358 valence electrons. The Morgan fingerprint density at radius 2 is 0.774 bits per heavy atom. The predicted octanol–water partition coefficient (Wildman–Crippen LogP) is 17.9. The molecule has 0 saturated heterocycles. The topological polar surface area (TPSA) is 61.8 Å². The van der Waals surface area contributed by atoms with Crippen molar-refractivity contribution in [2.75, 3.05) is 19.8 Å². The van der Waals surface area contributed by atoms with E-state index in [-0.39, 0.29) is 31.6 Å². The zero-order valence-electron chi connectivity index (χ0n) is 41.1. The Balaban J connectivity index is 4.38. The van der Waals surface area contributed by atoms with Crippen LogP contribution in [0.5, 0.6) is 0 Å². The van der Waals surface area contributed by atoms with Crippen LogP contribution in [0.4, 0.5) is 0 Å². The lowest BCUT2D eigenvalue weighted by atomic mass is 10.0. The summed E-state index contributed by atoms with van der Waals surface area (Å²) in [5, 5.41) is 0. The maximum atomic E-state index is 12.8. The summed E-state index contributed by atoms with van der Waals surface area (Å²) < 4.78 is 17.3. The van der Waals surface area contributed by atoms with E-state index >= 15 is 0 Å². The molecule has 0 heterocycles. The summed E-state index contributed by atoms with van der Waals surface area (Å²) in [6.45, 7) is 7.62. The molecule has 0 amide bonds. The Bertz CT molecular complexity index is 1110. The van der Waals surface area contributed by atoms with E-state index in [0.717, 1.165) is 70.6 Å². The third kappa shape index (κ3) is 50.0. The monoisotopic (exact) mass is 865 g/mol. The number of hydrogen-bond acceptors (Lipinski definition) is 5. The van der Waals surface area contributed by atoms with Gasteiger partial charge in [-0.15, -0.1) is 0 Å². The SMILES string of the molecule is CC/C=C\C/C=C\C/C=C\C/C=C\C/C=C\CC(=O)OCC(COCCCCCCCCCCCCCCCCCC)OC(=O)CCCCCCC/C=C\CCCCCCCC. The van der Waals surface area contributed by atoms with Crippen molar-refractivity contribution in [2.24, 2.45) is 0 Å². The molecule has 0 fully saturated rings. The minimum Gasteiger partial charge on any atom is -0.461 e. The van der Waals surface area contributed by atoms with Gasteiger partial charge in [0.2, 0.25) is 0 Å². The zero-order valence-corrected chi connectivity index (χ0v) is 41.1. The summed E-state index contributed by atoms with van der Waals surface area (Å²) in [6, 6.07) is 0. The number of rotatable bonds is 48. The lowest BCUT2D eigenvalue weighted by molar-refractivity contribution is -0.162. The van der Waals surface area contributed by atoms with Gasteiger partial charge in [-0.05, 0) is 70.6 Å². The smallest absolute Gasteiger partial charge is 0.309 e. The number of hydrogen-bond donors (Lipinski definition) is 0. The van der Waals surface area contributed by atoms with E-state index in [1.165, 1.54) is 148 Å². The van der Waals surface area contributed by atoms with Crippen molar-refractivity contribution in [3.05, 3.63) is 72.9 Å². The molecule has 0 aromatic rings. The molecule has 1 atom stereocenters.